The van der Waals surface area contributed by atoms with Gasteiger partial charge in [-0.1, -0.05) is 25.5 Å². The maximum absolute atomic E-state index is 12.3. The third kappa shape index (κ3) is 4.28. The summed E-state index contributed by atoms with van der Waals surface area (Å²) in [6.45, 7) is 1.37. The molecule has 0 aromatic heterocycles. The molecule has 1 aromatic carbocycles. The Labute approximate surface area is 104 Å². The van der Waals surface area contributed by atoms with Crippen LogP contribution in [0.1, 0.15) is 18.9 Å². The Hall–Kier alpha value is -1.70. The first kappa shape index (κ1) is 14.4. The van der Waals surface area contributed by atoms with Gasteiger partial charge in [0.25, 0.3) is 0 Å². The molecule has 2 nitrogen and oxygen atoms in total. The molecule has 5 heteroatoms. The molecule has 0 saturated carbocycles. The van der Waals surface area contributed by atoms with E-state index in [-0.39, 0.29) is 0 Å². The summed E-state index contributed by atoms with van der Waals surface area (Å²) in [6, 6.07) is 8.06. The highest BCUT2D eigenvalue weighted by Crippen LogP contribution is 2.26. The van der Waals surface area contributed by atoms with Crippen LogP contribution in [0.2, 0.25) is 0 Å². The van der Waals surface area contributed by atoms with Crippen LogP contribution in [0.15, 0.2) is 24.3 Å². The Morgan fingerprint density at radius 1 is 1.28 bits per heavy atom. The number of nitrogens with zero attached hydrogens (tertiary/aromatic N) is 1. The number of ether oxygens (including phenoxy) is 1. The van der Waals surface area contributed by atoms with Gasteiger partial charge in [-0.3, -0.25) is 0 Å². The number of halogens is 3. The lowest BCUT2D eigenvalue weighted by molar-refractivity contribution is -0.165. The van der Waals surface area contributed by atoms with Gasteiger partial charge in [0.2, 0.25) is 0 Å². The van der Waals surface area contributed by atoms with E-state index in [0.29, 0.717) is 5.75 Å². The van der Waals surface area contributed by atoms with Crippen molar-refractivity contribution in [2.75, 3.05) is 6.61 Å². The molecule has 18 heavy (non-hydrogen) atoms. The molecule has 1 unspecified atom stereocenters. The van der Waals surface area contributed by atoms with Crippen LogP contribution < -0.4 is 4.74 Å². The van der Waals surface area contributed by atoms with E-state index in [1.54, 1.807) is 12.1 Å². The van der Waals surface area contributed by atoms with E-state index in [4.69, 9.17) is 10.00 Å². The van der Waals surface area contributed by atoms with Gasteiger partial charge >= 0.3 is 6.18 Å². The number of aryl methyl sites for hydroxylation is 1. The predicted octanol–water partition coefficient (Wildman–Crippen LogP) is 3.72. The zero-order valence-electron chi connectivity index (χ0n) is 10.00. The van der Waals surface area contributed by atoms with Crippen LogP contribution in [0.3, 0.4) is 0 Å². The van der Waals surface area contributed by atoms with Gasteiger partial charge in [0, 0.05) is 0 Å². The third-order valence-corrected chi connectivity index (χ3v) is 2.43. The lowest BCUT2D eigenvalue weighted by Gasteiger charge is -2.14. The second kappa shape index (κ2) is 6.29. The van der Waals surface area contributed by atoms with Gasteiger partial charge in [-0.25, -0.2) is 0 Å². The standard InChI is InChI=1S/C13H14F3NO/c1-2-3-10-4-6-12(7-5-10)18-9-11(8-17)13(14,15)16/h4-7,11H,2-3,9H2,1H3. The van der Waals surface area contributed by atoms with Crippen molar-refractivity contribution in [3.05, 3.63) is 29.8 Å². The van der Waals surface area contributed by atoms with Crippen molar-refractivity contribution in [3.63, 3.8) is 0 Å². The van der Waals surface area contributed by atoms with E-state index in [0.717, 1.165) is 18.4 Å². The molecule has 1 atom stereocenters. The molecular formula is C13H14F3NO. The van der Waals surface area contributed by atoms with Gasteiger partial charge in [0.05, 0.1) is 6.07 Å². The smallest absolute Gasteiger partial charge is 0.407 e. The molecule has 0 radical (unpaired) electrons. The summed E-state index contributed by atoms with van der Waals surface area (Å²) >= 11 is 0. The quantitative estimate of drug-likeness (QED) is 0.805. The fraction of sp³-hybridized carbons (Fsp3) is 0.462. The molecule has 0 N–H and O–H groups in total. The van der Waals surface area contributed by atoms with E-state index in [1.807, 2.05) is 19.1 Å². The van der Waals surface area contributed by atoms with Crippen LogP contribution in [0.25, 0.3) is 0 Å². The number of hydrogen-bond donors (Lipinski definition) is 0. The first-order chi connectivity index (χ1) is 8.47. The molecule has 1 aromatic rings. The molecule has 0 heterocycles. The molecule has 0 amide bonds. The molecule has 0 spiro atoms. The van der Waals surface area contributed by atoms with Gasteiger partial charge in [0.15, 0.2) is 5.92 Å². The summed E-state index contributed by atoms with van der Waals surface area (Å²) in [5.74, 6) is -1.74. The van der Waals surface area contributed by atoms with Crippen LogP contribution in [0, 0.1) is 17.2 Å². The average molecular weight is 257 g/mol. The van der Waals surface area contributed by atoms with Crippen molar-refractivity contribution in [1.29, 1.82) is 5.26 Å². The normalized spacial score (nSPS) is 12.8. The first-order valence-corrected chi connectivity index (χ1v) is 5.65. The fourth-order valence-electron chi connectivity index (χ4n) is 1.43. The minimum absolute atomic E-state index is 0.347. The highest BCUT2D eigenvalue weighted by atomic mass is 19.4. The first-order valence-electron chi connectivity index (χ1n) is 5.65. The minimum atomic E-state index is -4.54. The van der Waals surface area contributed by atoms with Crippen molar-refractivity contribution in [2.24, 2.45) is 5.92 Å². The molecule has 0 bridgehead atoms. The summed E-state index contributed by atoms with van der Waals surface area (Å²) in [5.41, 5.74) is 1.11. The van der Waals surface area contributed by atoms with Crippen LogP contribution in [0.4, 0.5) is 13.2 Å². The monoisotopic (exact) mass is 257 g/mol. The Bertz CT molecular complexity index is 406. The maximum atomic E-state index is 12.3. The Morgan fingerprint density at radius 3 is 2.33 bits per heavy atom. The molecule has 0 fully saturated rings. The third-order valence-electron chi connectivity index (χ3n) is 2.43. The molecule has 0 saturated heterocycles. The van der Waals surface area contributed by atoms with E-state index >= 15 is 0 Å². The van der Waals surface area contributed by atoms with Crippen molar-refractivity contribution in [3.8, 4) is 11.8 Å². The van der Waals surface area contributed by atoms with E-state index in [9.17, 15) is 13.2 Å². The van der Waals surface area contributed by atoms with Gasteiger partial charge in [-0.05, 0) is 24.1 Å². The van der Waals surface area contributed by atoms with Crippen LogP contribution in [0.5, 0.6) is 5.75 Å². The molecule has 0 aliphatic carbocycles. The lowest BCUT2D eigenvalue weighted by Crippen LogP contribution is -2.27. The van der Waals surface area contributed by atoms with Gasteiger partial charge < -0.3 is 4.74 Å². The fourth-order valence-corrected chi connectivity index (χ4v) is 1.43. The van der Waals surface area contributed by atoms with Crippen LogP contribution in [-0.4, -0.2) is 12.8 Å². The van der Waals surface area contributed by atoms with Crippen molar-refractivity contribution in [1.82, 2.24) is 0 Å². The summed E-state index contributed by atoms with van der Waals surface area (Å²) < 4.78 is 41.8. The molecule has 98 valence electrons. The van der Waals surface area contributed by atoms with E-state index < -0.39 is 18.7 Å². The van der Waals surface area contributed by atoms with Crippen molar-refractivity contribution < 1.29 is 17.9 Å². The number of nitriles is 1. The second-order valence-electron chi connectivity index (χ2n) is 3.93. The van der Waals surface area contributed by atoms with Crippen molar-refractivity contribution in [2.45, 2.75) is 25.9 Å². The Kier molecular flexibility index (Phi) is 5.02. The molecular weight excluding hydrogens is 243 g/mol. The SMILES string of the molecule is CCCc1ccc(OCC(C#N)C(F)(F)F)cc1. The highest BCUT2D eigenvalue weighted by Gasteiger charge is 2.40. The summed E-state index contributed by atoms with van der Waals surface area (Å²) in [7, 11) is 0. The maximum Gasteiger partial charge on any atom is 0.407 e. The van der Waals surface area contributed by atoms with Gasteiger partial charge in [-0.2, -0.15) is 18.4 Å². The molecule has 0 aliphatic heterocycles. The second-order valence-corrected chi connectivity index (χ2v) is 3.93. The van der Waals surface area contributed by atoms with Gasteiger partial charge in [0.1, 0.15) is 12.4 Å². The summed E-state index contributed by atoms with van der Waals surface area (Å²) in [4.78, 5) is 0. The van der Waals surface area contributed by atoms with Crippen LogP contribution in [-0.2, 0) is 6.42 Å². The predicted molar refractivity (Wildman–Crippen MR) is 61.1 cm³/mol. The van der Waals surface area contributed by atoms with Crippen LogP contribution >= 0.6 is 0 Å². The number of alkyl halides is 3. The molecule has 0 aliphatic rings. The number of rotatable bonds is 5. The minimum Gasteiger partial charge on any atom is -0.492 e. The average Bonchev–Trinajstić information content (AvgIpc) is 2.30. The molecule has 1 rings (SSSR count). The number of hydrogen-bond acceptors (Lipinski definition) is 2. The Morgan fingerprint density at radius 2 is 1.89 bits per heavy atom. The highest BCUT2D eigenvalue weighted by molar-refractivity contribution is 5.27. The zero-order valence-corrected chi connectivity index (χ0v) is 10.00. The van der Waals surface area contributed by atoms with Crippen molar-refractivity contribution >= 4 is 0 Å². The number of benzene rings is 1. The van der Waals surface area contributed by atoms with E-state index in [1.165, 1.54) is 6.07 Å². The summed E-state index contributed by atoms with van der Waals surface area (Å²) in [6.07, 6.45) is -2.62. The lowest BCUT2D eigenvalue weighted by atomic mass is 10.1. The summed E-state index contributed by atoms with van der Waals surface area (Å²) in [5, 5.41) is 8.40. The van der Waals surface area contributed by atoms with E-state index in [2.05, 4.69) is 0 Å². The topological polar surface area (TPSA) is 33.0 Å². The Balaban J connectivity index is 2.56. The zero-order chi connectivity index (χ0) is 13.6. The van der Waals surface area contributed by atoms with Gasteiger partial charge in [-0.15, -0.1) is 0 Å². The largest absolute Gasteiger partial charge is 0.492 e.